The Morgan fingerprint density at radius 3 is 2.64 bits per heavy atom. The normalized spacial score (nSPS) is 16.5. The smallest absolute Gasteiger partial charge is 0.349 e. The van der Waals surface area contributed by atoms with Crippen LogP contribution in [0.15, 0.2) is 55.1 Å². The first kappa shape index (κ1) is 28.2. The summed E-state index contributed by atoms with van der Waals surface area (Å²) in [6.07, 6.45) is 1.62. The lowest BCUT2D eigenvalue weighted by atomic mass is 10.0. The van der Waals surface area contributed by atoms with Gasteiger partial charge in [-0.05, 0) is 55.6 Å². The number of aryl methyl sites for hydroxylation is 1. The van der Waals surface area contributed by atoms with E-state index in [9.17, 15) is 27.2 Å². The number of hydrogen-bond acceptors (Lipinski definition) is 5. The highest BCUT2D eigenvalue weighted by atomic mass is 19.4. The molecule has 2 aromatic heterocycles. The average Bonchev–Trinajstić information content (AvgIpc) is 3.21. The molecule has 0 radical (unpaired) electrons. The third kappa shape index (κ3) is 7.62. The SMILES string of the molecule is Cn1cnc(C(=O)N(Cc2ccc(F)c(C(F)(F)F)c2)C2CCCN(CC(=O)NCc3ccccn3)CC2)c1. The Hall–Kier alpha value is -3.80. The van der Waals surface area contributed by atoms with Gasteiger partial charge in [-0.3, -0.25) is 19.5 Å². The van der Waals surface area contributed by atoms with Gasteiger partial charge in [0, 0.05) is 38.6 Å². The Kier molecular flexibility index (Phi) is 8.95. The molecule has 12 heteroatoms. The van der Waals surface area contributed by atoms with Crippen molar-refractivity contribution in [3.63, 3.8) is 0 Å². The van der Waals surface area contributed by atoms with Gasteiger partial charge in [-0.25, -0.2) is 9.37 Å². The molecule has 0 spiro atoms. The highest BCUT2D eigenvalue weighted by molar-refractivity contribution is 5.92. The quantitative estimate of drug-likeness (QED) is 0.435. The summed E-state index contributed by atoms with van der Waals surface area (Å²) in [4.78, 5) is 37.8. The molecule has 8 nitrogen and oxygen atoms in total. The zero-order valence-corrected chi connectivity index (χ0v) is 21.5. The molecule has 2 amide bonds. The summed E-state index contributed by atoms with van der Waals surface area (Å²) in [6.45, 7) is 1.52. The number of rotatable bonds is 8. The van der Waals surface area contributed by atoms with E-state index in [0.29, 0.717) is 38.9 Å². The maximum atomic E-state index is 13.9. The molecule has 0 aliphatic carbocycles. The van der Waals surface area contributed by atoms with Crippen LogP contribution in [-0.2, 0) is 31.1 Å². The average molecular weight is 547 g/mol. The summed E-state index contributed by atoms with van der Waals surface area (Å²) in [5, 5.41) is 2.86. The van der Waals surface area contributed by atoms with Crippen LogP contribution < -0.4 is 5.32 Å². The maximum Gasteiger partial charge on any atom is 0.419 e. The minimum atomic E-state index is -4.85. The monoisotopic (exact) mass is 546 g/mol. The number of hydrogen-bond donors (Lipinski definition) is 1. The molecule has 0 bridgehead atoms. The zero-order valence-electron chi connectivity index (χ0n) is 21.5. The lowest BCUT2D eigenvalue weighted by Crippen LogP contribution is -2.41. The van der Waals surface area contributed by atoms with Gasteiger partial charge in [-0.2, -0.15) is 13.2 Å². The summed E-state index contributed by atoms with van der Waals surface area (Å²) >= 11 is 0. The first-order valence-corrected chi connectivity index (χ1v) is 12.6. The highest BCUT2D eigenvalue weighted by Gasteiger charge is 2.35. The number of pyridine rings is 1. The molecule has 1 aliphatic rings. The molecule has 1 aromatic carbocycles. The second kappa shape index (κ2) is 12.4. The molecule has 1 fully saturated rings. The molecule has 1 aliphatic heterocycles. The number of alkyl halides is 3. The van der Waals surface area contributed by atoms with Crippen LogP contribution in [0.4, 0.5) is 17.6 Å². The fourth-order valence-corrected chi connectivity index (χ4v) is 4.68. The number of carbonyl (C=O) groups excluding carboxylic acids is 2. The molecule has 0 saturated carbocycles. The maximum absolute atomic E-state index is 13.9. The number of nitrogens with one attached hydrogen (secondary N) is 1. The third-order valence-electron chi connectivity index (χ3n) is 6.66. The van der Waals surface area contributed by atoms with Gasteiger partial charge in [0.25, 0.3) is 5.91 Å². The van der Waals surface area contributed by atoms with E-state index in [1.54, 1.807) is 30.1 Å². The van der Waals surface area contributed by atoms with Crippen LogP contribution in [0.3, 0.4) is 0 Å². The van der Waals surface area contributed by atoms with E-state index in [4.69, 9.17) is 0 Å². The Bertz CT molecular complexity index is 1280. The third-order valence-corrected chi connectivity index (χ3v) is 6.66. The number of likely N-dealkylation sites (tertiary alicyclic amines) is 1. The lowest BCUT2D eigenvalue weighted by Gasteiger charge is -2.31. The number of carbonyl (C=O) groups is 2. The standard InChI is InChI=1S/C27H30F4N6O2/c1-35-16-24(34-18-35)26(39)37(15-19-7-8-23(28)22(13-19)27(29,30)31)21-6-4-11-36(12-9-21)17-25(38)33-14-20-5-2-3-10-32-20/h2-3,5,7-8,10,13,16,18,21H,4,6,9,11-12,14-15,17H2,1H3,(H,33,38). The molecule has 39 heavy (non-hydrogen) atoms. The summed E-state index contributed by atoms with van der Waals surface area (Å²) < 4.78 is 55.5. The van der Waals surface area contributed by atoms with E-state index in [-0.39, 0.29) is 36.3 Å². The second-order valence-electron chi connectivity index (χ2n) is 9.63. The van der Waals surface area contributed by atoms with E-state index in [1.165, 1.54) is 17.3 Å². The number of imidazole rings is 1. The molecular formula is C27H30F4N6O2. The van der Waals surface area contributed by atoms with Crippen LogP contribution in [0.25, 0.3) is 0 Å². The predicted octanol–water partition coefficient (Wildman–Crippen LogP) is 3.79. The minimum absolute atomic E-state index is 0.131. The summed E-state index contributed by atoms with van der Waals surface area (Å²) in [7, 11) is 1.71. The Morgan fingerprint density at radius 2 is 1.95 bits per heavy atom. The first-order valence-electron chi connectivity index (χ1n) is 12.6. The molecule has 1 atom stereocenters. The van der Waals surface area contributed by atoms with Crippen molar-refractivity contribution in [3.8, 4) is 0 Å². The predicted molar refractivity (Wildman–Crippen MR) is 135 cm³/mol. The van der Waals surface area contributed by atoms with Gasteiger partial charge in [-0.1, -0.05) is 12.1 Å². The van der Waals surface area contributed by atoms with Crippen molar-refractivity contribution in [2.75, 3.05) is 19.6 Å². The van der Waals surface area contributed by atoms with Crippen LogP contribution in [0, 0.1) is 5.82 Å². The molecule has 4 rings (SSSR count). The lowest BCUT2D eigenvalue weighted by molar-refractivity contribution is -0.140. The van der Waals surface area contributed by atoms with Gasteiger partial charge in [-0.15, -0.1) is 0 Å². The fraction of sp³-hybridized carbons (Fsp3) is 0.407. The Balaban J connectivity index is 1.45. The molecule has 1 saturated heterocycles. The van der Waals surface area contributed by atoms with E-state index in [0.717, 1.165) is 17.8 Å². The van der Waals surface area contributed by atoms with Crippen LogP contribution in [-0.4, -0.2) is 61.8 Å². The van der Waals surface area contributed by atoms with Crippen molar-refractivity contribution < 1.29 is 27.2 Å². The minimum Gasteiger partial charge on any atom is -0.349 e. The number of halogens is 4. The van der Waals surface area contributed by atoms with E-state index in [2.05, 4.69) is 15.3 Å². The van der Waals surface area contributed by atoms with Crippen molar-refractivity contribution >= 4 is 11.8 Å². The van der Waals surface area contributed by atoms with Crippen LogP contribution in [0.2, 0.25) is 0 Å². The van der Waals surface area contributed by atoms with Crippen LogP contribution in [0.1, 0.15) is 46.6 Å². The molecule has 3 heterocycles. The largest absolute Gasteiger partial charge is 0.419 e. The molecular weight excluding hydrogens is 516 g/mol. The van der Waals surface area contributed by atoms with Gasteiger partial charge < -0.3 is 14.8 Å². The Labute approximate surface area is 223 Å². The highest BCUT2D eigenvalue weighted by Crippen LogP contribution is 2.32. The Morgan fingerprint density at radius 1 is 1.13 bits per heavy atom. The van der Waals surface area contributed by atoms with Gasteiger partial charge in [0.2, 0.25) is 5.91 Å². The van der Waals surface area contributed by atoms with Crippen molar-refractivity contribution in [1.82, 2.24) is 29.7 Å². The number of nitrogens with zero attached hydrogens (tertiary/aromatic N) is 5. The molecule has 1 unspecified atom stereocenters. The van der Waals surface area contributed by atoms with E-state index >= 15 is 0 Å². The van der Waals surface area contributed by atoms with Crippen LogP contribution >= 0.6 is 0 Å². The molecule has 1 N–H and O–H groups in total. The zero-order chi connectivity index (χ0) is 28.0. The van der Waals surface area contributed by atoms with Crippen molar-refractivity contribution in [2.24, 2.45) is 7.05 Å². The van der Waals surface area contributed by atoms with E-state index in [1.807, 2.05) is 17.0 Å². The van der Waals surface area contributed by atoms with Crippen molar-refractivity contribution in [3.05, 3.63) is 83.5 Å². The summed E-state index contributed by atoms with van der Waals surface area (Å²) in [6, 6.07) is 7.95. The number of aromatic nitrogens is 3. The van der Waals surface area contributed by atoms with Gasteiger partial charge in [0.05, 0.1) is 30.7 Å². The number of benzene rings is 1. The first-order chi connectivity index (χ1) is 18.6. The van der Waals surface area contributed by atoms with Gasteiger partial charge in [0.1, 0.15) is 11.5 Å². The summed E-state index contributed by atoms with van der Waals surface area (Å²) in [5.41, 5.74) is -0.275. The van der Waals surface area contributed by atoms with Gasteiger partial charge in [0.15, 0.2) is 0 Å². The van der Waals surface area contributed by atoms with Crippen LogP contribution in [0.5, 0.6) is 0 Å². The molecule has 208 valence electrons. The van der Waals surface area contributed by atoms with E-state index < -0.39 is 23.5 Å². The second-order valence-corrected chi connectivity index (χ2v) is 9.63. The van der Waals surface area contributed by atoms with Gasteiger partial charge >= 0.3 is 6.18 Å². The fourth-order valence-electron chi connectivity index (χ4n) is 4.68. The molecule has 3 aromatic rings. The number of amides is 2. The van der Waals surface area contributed by atoms with Crippen molar-refractivity contribution in [2.45, 2.75) is 44.6 Å². The topological polar surface area (TPSA) is 83.4 Å². The van der Waals surface area contributed by atoms with Crippen molar-refractivity contribution in [1.29, 1.82) is 0 Å². The summed E-state index contributed by atoms with van der Waals surface area (Å²) in [5.74, 6) is -1.92.